The summed E-state index contributed by atoms with van der Waals surface area (Å²) in [6.07, 6.45) is 1.82. The zero-order valence-electron chi connectivity index (χ0n) is 19.7. The fraction of sp³-hybridized carbons (Fsp3) is 0.519. The van der Waals surface area contributed by atoms with E-state index in [9.17, 15) is 4.79 Å². The molecule has 4 rings (SSSR count). The molecule has 5 heteroatoms. The Hall–Kier alpha value is -2.53. The van der Waals surface area contributed by atoms with Crippen LogP contribution in [0.2, 0.25) is 0 Å². The van der Waals surface area contributed by atoms with Crippen LogP contribution in [0.1, 0.15) is 43.4 Å². The molecule has 2 aliphatic heterocycles. The average molecular weight is 437 g/mol. The van der Waals surface area contributed by atoms with Crippen molar-refractivity contribution < 1.29 is 14.3 Å². The smallest absolute Gasteiger partial charge is 0.227 e. The first-order chi connectivity index (χ1) is 15.5. The minimum absolute atomic E-state index is 0.0685. The molecule has 1 unspecified atom stereocenters. The Morgan fingerprint density at radius 3 is 2.69 bits per heavy atom. The number of carbonyl (C=O) groups is 1. The molecular formula is C27H36N2O3. The van der Waals surface area contributed by atoms with Crippen LogP contribution >= 0.6 is 0 Å². The molecule has 0 bridgehead atoms. The lowest BCUT2D eigenvalue weighted by molar-refractivity contribution is -0.136. The zero-order chi connectivity index (χ0) is 22.5. The largest absolute Gasteiger partial charge is 0.490 e. The van der Waals surface area contributed by atoms with Gasteiger partial charge < -0.3 is 14.4 Å². The molecule has 2 heterocycles. The van der Waals surface area contributed by atoms with Gasteiger partial charge in [0.1, 0.15) is 0 Å². The number of ether oxygens (including phenoxy) is 2. The van der Waals surface area contributed by atoms with Gasteiger partial charge in [0, 0.05) is 32.6 Å². The van der Waals surface area contributed by atoms with Crippen molar-refractivity contribution in [2.75, 3.05) is 32.8 Å². The Bertz CT molecular complexity index is 913. The number of hydrogen-bond acceptors (Lipinski definition) is 4. The Labute approximate surface area is 192 Å². The SMILES string of the molecule is Cc1cc(CN(CC(C)C)C(=O)C2CCN(Cc3ccccc3)C2)cc2c1OCCCO2. The second-order valence-corrected chi connectivity index (χ2v) is 9.61. The van der Waals surface area contributed by atoms with Gasteiger partial charge in [0.15, 0.2) is 11.5 Å². The molecular weight excluding hydrogens is 400 g/mol. The van der Waals surface area contributed by atoms with E-state index < -0.39 is 0 Å². The molecule has 0 N–H and O–H groups in total. The normalized spacial score (nSPS) is 18.6. The summed E-state index contributed by atoms with van der Waals surface area (Å²) in [6.45, 7) is 11.9. The number of amides is 1. The van der Waals surface area contributed by atoms with Crippen LogP contribution in [0.15, 0.2) is 42.5 Å². The van der Waals surface area contributed by atoms with Gasteiger partial charge in [-0.25, -0.2) is 0 Å². The van der Waals surface area contributed by atoms with Gasteiger partial charge in [-0.15, -0.1) is 0 Å². The second-order valence-electron chi connectivity index (χ2n) is 9.61. The van der Waals surface area contributed by atoms with Crippen LogP contribution in [-0.2, 0) is 17.9 Å². The molecule has 0 aromatic heterocycles. The third-order valence-corrected chi connectivity index (χ3v) is 6.23. The lowest BCUT2D eigenvalue weighted by atomic mass is 10.0. The second kappa shape index (κ2) is 10.4. The summed E-state index contributed by atoms with van der Waals surface area (Å²) in [4.78, 5) is 18.0. The van der Waals surface area contributed by atoms with E-state index in [1.807, 2.05) is 6.07 Å². The van der Waals surface area contributed by atoms with Gasteiger partial charge in [0.2, 0.25) is 5.91 Å². The minimum atomic E-state index is 0.0685. The lowest BCUT2D eigenvalue weighted by Crippen LogP contribution is -2.39. The highest BCUT2D eigenvalue weighted by Gasteiger charge is 2.32. The van der Waals surface area contributed by atoms with Gasteiger partial charge in [-0.05, 0) is 48.6 Å². The molecule has 2 aliphatic rings. The summed E-state index contributed by atoms with van der Waals surface area (Å²) in [5.41, 5.74) is 3.49. The van der Waals surface area contributed by atoms with E-state index in [1.165, 1.54) is 5.56 Å². The molecule has 0 radical (unpaired) electrons. The molecule has 1 atom stereocenters. The van der Waals surface area contributed by atoms with E-state index in [1.54, 1.807) is 0 Å². The number of carbonyl (C=O) groups excluding carboxylic acids is 1. The number of rotatable bonds is 7. The van der Waals surface area contributed by atoms with Crippen molar-refractivity contribution in [1.29, 1.82) is 0 Å². The van der Waals surface area contributed by atoms with Crippen LogP contribution in [0.5, 0.6) is 11.5 Å². The van der Waals surface area contributed by atoms with Crippen molar-refractivity contribution in [3.05, 3.63) is 59.2 Å². The molecule has 0 saturated carbocycles. The summed E-state index contributed by atoms with van der Waals surface area (Å²) in [5.74, 6) is 2.42. The molecule has 2 aromatic rings. The summed E-state index contributed by atoms with van der Waals surface area (Å²) in [5, 5.41) is 0. The van der Waals surface area contributed by atoms with Crippen LogP contribution in [0, 0.1) is 18.8 Å². The molecule has 32 heavy (non-hydrogen) atoms. The Morgan fingerprint density at radius 1 is 1.12 bits per heavy atom. The van der Waals surface area contributed by atoms with E-state index in [0.717, 1.165) is 61.6 Å². The van der Waals surface area contributed by atoms with Gasteiger partial charge in [-0.2, -0.15) is 0 Å². The summed E-state index contributed by atoms with van der Waals surface area (Å²) < 4.78 is 11.8. The quantitative estimate of drug-likeness (QED) is 0.633. The van der Waals surface area contributed by atoms with Gasteiger partial charge in [-0.1, -0.05) is 50.2 Å². The maximum atomic E-state index is 13.6. The number of aryl methyl sites for hydroxylation is 1. The highest BCUT2D eigenvalue weighted by atomic mass is 16.5. The number of likely N-dealkylation sites (tertiary alicyclic amines) is 1. The Kier molecular flexibility index (Phi) is 7.36. The van der Waals surface area contributed by atoms with Crippen LogP contribution < -0.4 is 9.47 Å². The third kappa shape index (κ3) is 5.63. The van der Waals surface area contributed by atoms with E-state index in [0.29, 0.717) is 25.7 Å². The van der Waals surface area contributed by atoms with Crippen LogP contribution in [0.3, 0.4) is 0 Å². The van der Waals surface area contributed by atoms with Crippen molar-refractivity contribution >= 4 is 5.91 Å². The summed E-state index contributed by atoms with van der Waals surface area (Å²) in [7, 11) is 0. The van der Waals surface area contributed by atoms with E-state index in [4.69, 9.17) is 9.47 Å². The molecule has 2 aromatic carbocycles. The summed E-state index contributed by atoms with van der Waals surface area (Å²) in [6, 6.07) is 14.7. The summed E-state index contributed by atoms with van der Waals surface area (Å²) >= 11 is 0. The number of fused-ring (bicyclic) bond motifs is 1. The van der Waals surface area contributed by atoms with Gasteiger partial charge in [0.25, 0.3) is 0 Å². The zero-order valence-corrected chi connectivity index (χ0v) is 19.7. The van der Waals surface area contributed by atoms with E-state index in [-0.39, 0.29) is 11.8 Å². The molecule has 1 saturated heterocycles. The van der Waals surface area contributed by atoms with E-state index in [2.05, 4.69) is 67.0 Å². The molecule has 172 valence electrons. The monoisotopic (exact) mass is 436 g/mol. The predicted octanol–water partition coefficient (Wildman–Crippen LogP) is 4.66. The number of hydrogen-bond donors (Lipinski definition) is 0. The van der Waals surface area contributed by atoms with Crippen molar-refractivity contribution in [1.82, 2.24) is 9.80 Å². The first-order valence-corrected chi connectivity index (χ1v) is 11.9. The Morgan fingerprint density at radius 2 is 1.91 bits per heavy atom. The highest BCUT2D eigenvalue weighted by Crippen LogP contribution is 2.35. The van der Waals surface area contributed by atoms with Crippen LogP contribution in [0.25, 0.3) is 0 Å². The standard InChI is InChI=1S/C27H36N2O3/c1-20(2)16-29(18-23-14-21(3)26-25(15-23)31-12-7-13-32-26)27(30)24-10-11-28(19-24)17-22-8-5-4-6-9-22/h4-6,8-9,14-15,20,24H,7,10-13,16-19H2,1-3H3. The topological polar surface area (TPSA) is 42.0 Å². The molecule has 1 amide bonds. The van der Waals surface area contributed by atoms with Crippen molar-refractivity contribution in [2.24, 2.45) is 11.8 Å². The first-order valence-electron chi connectivity index (χ1n) is 11.9. The van der Waals surface area contributed by atoms with Crippen LogP contribution in [0.4, 0.5) is 0 Å². The number of benzene rings is 2. The fourth-order valence-corrected chi connectivity index (χ4v) is 4.78. The fourth-order valence-electron chi connectivity index (χ4n) is 4.78. The molecule has 5 nitrogen and oxygen atoms in total. The Balaban J connectivity index is 1.45. The third-order valence-electron chi connectivity index (χ3n) is 6.23. The van der Waals surface area contributed by atoms with Gasteiger partial charge in [-0.3, -0.25) is 9.69 Å². The lowest BCUT2D eigenvalue weighted by Gasteiger charge is -2.28. The first kappa shape index (κ1) is 22.7. The molecule has 0 spiro atoms. The van der Waals surface area contributed by atoms with E-state index >= 15 is 0 Å². The highest BCUT2D eigenvalue weighted by molar-refractivity contribution is 5.79. The minimum Gasteiger partial charge on any atom is -0.490 e. The van der Waals surface area contributed by atoms with Crippen LogP contribution in [-0.4, -0.2) is 48.6 Å². The maximum Gasteiger partial charge on any atom is 0.227 e. The average Bonchev–Trinajstić information content (AvgIpc) is 3.09. The predicted molar refractivity (Wildman–Crippen MR) is 127 cm³/mol. The number of nitrogens with zero attached hydrogens (tertiary/aromatic N) is 2. The molecule has 1 fully saturated rings. The van der Waals surface area contributed by atoms with Gasteiger partial charge >= 0.3 is 0 Å². The van der Waals surface area contributed by atoms with Crippen molar-refractivity contribution in [3.8, 4) is 11.5 Å². The maximum absolute atomic E-state index is 13.6. The van der Waals surface area contributed by atoms with Crippen molar-refractivity contribution in [2.45, 2.75) is 46.7 Å². The van der Waals surface area contributed by atoms with Gasteiger partial charge in [0.05, 0.1) is 19.1 Å². The van der Waals surface area contributed by atoms with Crippen molar-refractivity contribution in [3.63, 3.8) is 0 Å². The molecule has 0 aliphatic carbocycles.